The molecule has 6 unspecified atom stereocenters. The minimum atomic E-state index is -1.12. The minimum absolute atomic E-state index is 0.155. The number of methoxy groups -OCH3 is 1. The summed E-state index contributed by atoms with van der Waals surface area (Å²) in [5.41, 5.74) is -1.10. The first-order valence-corrected chi connectivity index (χ1v) is 12.2. The number of carbonyl (C=O) groups is 4. The van der Waals surface area contributed by atoms with E-state index in [1.165, 1.54) is 37.8 Å². The van der Waals surface area contributed by atoms with E-state index in [1.54, 1.807) is 25.1 Å². The molecule has 9 heteroatoms. The molecule has 0 amide bonds. The number of aliphatic carboxylic acids is 1. The highest BCUT2D eigenvalue weighted by Crippen LogP contribution is 2.64. The van der Waals surface area contributed by atoms with Crippen LogP contribution in [0.25, 0.3) is 0 Å². The van der Waals surface area contributed by atoms with Crippen LogP contribution in [0.1, 0.15) is 55.1 Å². The average molecular weight is 509 g/mol. The van der Waals surface area contributed by atoms with E-state index in [-0.39, 0.29) is 11.3 Å². The number of esters is 2. The van der Waals surface area contributed by atoms with Gasteiger partial charge in [0.05, 0.1) is 37.0 Å². The zero-order chi connectivity index (χ0) is 26.5. The number of benzene rings is 1. The average Bonchev–Trinajstić information content (AvgIpc) is 3.40. The summed E-state index contributed by atoms with van der Waals surface area (Å²) in [5, 5.41) is 10.2. The summed E-state index contributed by atoms with van der Waals surface area (Å²) in [5.74, 6) is -5.29. The third-order valence-corrected chi connectivity index (χ3v) is 8.48. The second kappa shape index (κ2) is 8.90. The summed E-state index contributed by atoms with van der Waals surface area (Å²) in [6.07, 6.45) is 4.61. The Bertz CT molecular complexity index is 1290. The lowest BCUT2D eigenvalue weighted by Gasteiger charge is -2.59. The van der Waals surface area contributed by atoms with Gasteiger partial charge in [0.15, 0.2) is 5.76 Å². The summed E-state index contributed by atoms with van der Waals surface area (Å²) in [6.45, 7) is 3.62. The number of hydrogen-bond acceptors (Lipinski definition) is 8. The SMILES string of the molecule is COc1cccc(C(=O)OC2=CC(C(=O)O)C3(C)CCC4C(=O)OC(c5ccoc5)CC4(C)C3C2=O)c1. The molecular formula is C28H28O9. The number of Topliss-reactive ketones (excluding diaryl/α,β-unsaturated/α-hetero) is 1. The van der Waals surface area contributed by atoms with E-state index in [0.29, 0.717) is 30.6 Å². The van der Waals surface area contributed by atoms with Crippen molar-refractivity contribution in [2.45, 2.75) is 39.2 Å². The van der Waals surface area contributed by atoms with E-state index in [1.807, 2.05) is 6.92 Å². The Morgan fingerprint density at radius 3 is 2.59 bits per heavy atom. The quantitative estimate of drug-likeness (QED) is 0.586. The Balaban J connectivity index is 1.54. The molecule has 3 aliphatic rings. The van der Waals surface area contributed by atoms with Crippen molar-refractivity contribution in [2.75, 3.05) is 7.11 Å². The van der Waals surface area contributed by atoms with E-state index >= 15 is 0 Å². The van der Waals surface area contributed by atoms with E-state index in [9.17, 15) is 24.3 Å². The van der Waals surface area contributed by atoms with Crippen LogP contribution in [0, 0.1) is 28.6 Å². The number of ether oxygens (including phenoxy) is 3. The largest absolute Gasteiger partial charge is 0.497 e. The molecule has 1 aromatic carbocycles. The highest BCUT2D eigenvalue weighted by atomic mass is 16.5. The lowest BCUT2D eigenvalue weighted by atomic mass is 9.44. The fourth-order valence-electron chi connectivity index (χ4n) is 6.69. The molecule has 2 fully saturated rings. The van der Waals surface area contributed by atoms with Gasteiger partial charge in [-0.15, -0.1) is 0 Å². The van der Waals surface area contributed by atoms with Gasteiger partial charge in [-0.25, -0.2) is 4.79 Å². The van der Waals surface area contributed by atoms with Crippen molar-refractivity contribution < 1.29 is 42.9 Å². The standard InChI is InChI=1S/C28H28O9/c1-27-9-7-18-26(33)37-21(16-8-10-35-14-16)13-28(18,2)23(27)22(29)20(12-19(27)24(30)31)36-25(32)15-5-4-6-17(11-15)34-3/h4-6,8,10-12,14,18-19,21,23H,7,9,13H2,1-3H3,(H,30,31). The molecule has 1 saturated heterocycles. The van der Waals surface area contributed by atoms with Gasteiger partial charge in [-0.2, -0.15) is 0 Å². The van der Waals surface area contributed by atoms with Gasteiger partial charge in [0, 0.05) is 11.5 Å². The monoisotopic (exact) mass is 508 g/mol. The molecular weight excluding hydrogens is 480 g/mol. The van der Waals surface area contributed by atoms with Crippen LogP contribution in [0.15, 0.2) is 59.1 Å². The lowest BCUT2D eigenvalue weighted by Crippen LogP contribution is -2.61. The highest BCUT2D eigenvalue weighted by Gasteiger charge is 2.66. The first-order valence-electron chi connectivity index (χ1n) is 12.2. The van der Waals surface area contributed by atoms with Crippen LogP contribution in [0.2, 0.25) is 0 Å². The third-order valence-electron chi connectivity index (χ3n) is 8.48. The molecule has 1 aromatic heterocycles. The van der Waals surface area contributed by atoms with Gasteiger partial charge in [0.25, 0.3) is 0 Å². The van der Waals surface area contributed by atoms with E-state index < -0.39 is 58.4 Å². The van der Waals surface area contributed by atoms with Crippen molar-refractivity contribution in [3.05, 3.63) is 65.8 Å². The van der Waals surface area contributed by atoms with Crippen LogP contribution in [-0.2, 0) is 23.9 Å². The Morgan fingerprint density at radius 2 is 1.92 bits per heavy atom. The Labute approximate surface area is 213 Å². The number of cyclic esters (lactones) is 1. The van der Waals surface area contributed by atoms with Crippen LogP contribution in [0.3, 0.4) is 0 Å². The molecule has 2 heterocycles. The smallest absolute Gasteiger partial charge is 0.343 e. The number of carboxylic acids is 1. The summed E-state index contributed by atoms with van der Waals surface area (Å²) >= 11 is 0. The zero-order valence-electron chi connectivity index (χ0n) is 20.8. The second-order valence-electron chi connectivity index (χ2n) is 10.6. The van der Waals surface area contributed by atoms with Gasteiger partial charge in [0.2, 0.25) is 5.78 Å². The van der Waals surface area contributed by atoms with Crippen molar-refractivity contribution in [1.29, 1.82) is 0 Å². The van der Waals surface area contributed by atoms with Gasteiger partial charge >= 0.3 is 17.9 Å². The van der Waals surface area contributed by atoms with Gasteiger partial charge in [-0.05, 0) is 60.4 Å². The van der Waals surface area contributed by atoms with E-state index in [0.717, 1.165) is 0 Å². The normalized spacial score (nSPS) is 32.9. The minimum Gasteiger partial charge on any atom is -0.497 e. The number of hydrogen-bond donors (Lipinski definition) is 1. The maximum atomic E-state index is 14.0. The molecule has 1 aliphatic heterocycles. The summed E-state index contributed by atoms with van der Waals surface area (Å²) < 4.78 is 21.6. The predicted molar refractivity (Wildman–Crippen MR) is 127 cm³/mol. The van der Waals surface area contributed by atoms with Crippen molar-refractivity contribution >= 4 is 23.7 Å². The summed E-state index contributed by atoms with van der Waals surface area (Å²) in [7, 11) is 1.46. The van der Waals surface area contributed by atoms with Crippen LogP contribution in [0.5, 0.6) is 5.75 Å². The van der Waals surface area contributed by atoms with Gasteiger partial charge in [-0.1, -0.05) is 19.9 Å². The van der Waals surface area contributed by atoms with Crippen molar-refractivity contribution in [2.24, 2.45) is 28.6 Å². The molecule has 37 heavy (non-hydrogen) atoms. The molecule has 6 atom stereocenters. The van der Waals surface area contributed by atoms with Gasteiger partial charge < -0.3 is 23.7 Å². The fourth-order valence-corrected chi connectivity index (χ4v) is 6.69. The molecule has 0 spiro atoms. The Hall–Kier alpha value is -3.88. The van der Waals surface area contributed by atoms with E-state index in [2.05, 4.69) is 0 Å². The second-order valence-corrected chi connectivity index (χ2v) is 10.6. The summed E-state index contributed by atoms with van der Waals surface area (Å²) in [4.78, 5) is 52.6. The number of fused-ring (bicyclic) bond motifs is 3. The molecule has 1 saturated carbocycles. The molecule has 5 rings (SSSR count). The lowest BCUT2D eigenvalue weighted by molar-refractivity contribution is -0.197. The number of furan rings is 1. The molecule has 0 radical (unpaired) electrons. The molecule has 9 nitrogen and oxygen atoms in total. The van der Waals surface area contributed by atoms with Crippen LogP contribution >= 0.6 is 0 Å². The zero-order valence-corrected chi connectivity index (χ0v) is 20.8. The number of rotatable bonds is 5. The van der Waals surface area contributed by atoms with Crippen LogP contribution in [-0.4, -0.2) is 35.9 Å². The Morgan fingerprint density at radius 1 is 1.14 bits per heavy atom. The van der Waals surface area contributed by atoms with Crippen molar-refractivity contribution in [3.8, 4) is 5.75 Å². The van der Waals surface area contributed by atoms with E-state index in [4.69, 9.17) is 18.6 Å². The third kappa shape index (κ3) is 3.93. The maximum absolute atomic E-state index is 14.0. The molecule has 1 N–H and O–H groups in total. The first kappa shape index (κ1) is 24.8. The molecule has 194 valence electrons. The Kier molecular flexibility index (Phi) is 5.96. The maximum Gasteiger partial charge on any atom is 0.343 e. The number of carboxylic acid groups (broad SMARTS) is 1. The summed E-state index contributed by atoms with van der Waals surface area (Å²) in [6, 6.07) is 7.96. The number of carbonyl (C=O) groups excluding carboxylic acids is 3. The van der Waals surface area contributed by atoms with Gasteiger partial charge in [0.1, 0.15) is 11.9 Å². The topological polar surface area (TPSA) is 129 Å². The van der Waals surface area contributed by atoms with Crippen molar-refractivity contribution in [1.82, 2.24) is 0 Å². The van der Waals surface area contributed by atoms with Crippen molar-refractivity contribution in [3.63, 3.8) is 0 Å². The highest BCUT2D eigenvalue weighted by molar-refractivity contribution is 6.03. The van der Waals surface area contributed by atoms with Gasteiger partial charge in [-0.3, -0.25) is 14.4 Å². The predicted octanol–water partition coefficient (Wildman–Crippen LogP) is 4.34. The first-order chi connectivity index (χ1) is 17.6. The fraction of sp³-hybridized carbons (Fsp3) is 0.429. The van der Waals surface area contributed by atoms with Crippen LogP contribution in [0.4, 0.5) is 0 Å². The molecule has 2 aromatic rings. The number of allylic oxidation sites excluding steroid dienone is 1. The number of ketones is 1. The molecule has 2 aliphatic carbocycles. The molecule has 0 bridgehead atoms. The van der Waals surface area contributed by atoms with Crippen LogP contribution < -0.4 is 4.74 Å².